The zero-order valence-electron chi connectivity index (χ0n) is 17.3. The van der Waals surface area contributed by atoms with Crippen LogP contribution in [0.15, 0.2) is 45.9 Å². The molecule has 0 spiro atoms. The number of aromatic nitrogens is 1. The van der Waals surface area contributed by atoms with Gasteiger partial charge in [-0.05, 0) is 38.3 Å². The molecule has 1 aliphatic rings. The lowest BCUT2D eigenvalue weighted by Crippen LogP contribution is -2.44. The maximum Gasteiger partial charge on any atom is 0.191 e. The summed E-state index contributed by atoms with van der Waals surface area (Å²) in [7, 11) is 0. The fourth-order valence-electron chi connectivity index (χ4n) is 3.72. The predicted molar refractivity (Wildman–Crippen MR) is 115 cm³/mol. The number of guanidine groups is 1. The van der Waals surface area contributed by atoms with Gasteiger partial charge in [-0.25, -0.2) is 4.99 Å². The Kier molecular flexibility index (Phi) is 7.34. The van der Waals surface area contributed by atoms with Crippen molar-refractivity contribution in [3.05, 3.63) is 47.9 Å². The van der Waals surface area contributed by atoms with E-state index in [0.29, 0.717) is 18.5 Å². The van der Waals surface area contributed by atoms with Gasteiger partial charge in [0.2, 0.25) is 0 Å². The Morgan fingerprint density at radius 1 is 1.25 bits per heavy atom. The molecule has 1 aliphatic heterocycles. The van der Waals surface area contributed by atoms with E-state index in [1.165, 1.54) is 5.69 Å². The number of benzene rings is 1. The van der Waals surface area contributed by atoms with Crippen LogP contribution in [0.5, 0.6) is 0 Å². The van der Waals surface area contributed by atoms with Gasteiger partial charge in [0.05, 0.1) is 5.69 Å². The van der Waals surface area contributed by atoms with Gasteiger partial charge in [-0.1, -0.05) is 37.2 Å². The lowest BCUT2D eigenvalue weighted by molar-refractivity contribution is 0.372. The van der Waals surface area contributed by atoms with Crippen molar-refractivity contribution < 1.29 is 4.52 Å². The number of hydrogen-bond donors (Lipinski definition) is 2. The summed E-state index contributed by atoms with van der Waals surface area (Å²) in [6.07, 6.45) is 3.26. The highest BCUT2D eigenvalue weighted by Gasteiger charge is 2.23. The smallest absolute Gasteiger partial charge is 0.191 e. The molecule has 1 fully saturated rings. The lowest BCUT2D eigenvalue weighted by Gasteiger charge is -2.20. The first-order chi connectivity index (χ1) is 13.7. The summed E-state index contributed by atoms with van der Waals surface area (Å²) in [6, 6.07) is 13.0. The van der Waals surface area contributed by atoms with Crippen LogP contribution in [0.4, 0.5) is 5.69 Å². The summed E-state index contributed by atoms with van der Waals surface area (Å²) in [6.45, 7) is 9.83. The van der Waals surface area contributed by atoms with Gasteiger partial charge < -0.3 is 20.1 Å². The predicted octanol–water partition coefficient (Wildman–Crippen LogP) is 3.91. The molecule has 152 valence electrons. The summed E-state index contributed by atoms with van der Waals surface area (Å²) in [4.78, 5) is 7.13. The minimum absolute atomic E-state index is 0.382. The summed E-state index contributed by atoms with van der Waals surface area (Å²) in [5, 5.41) is 11.2. The van der Waals surface area contributed by atoms with Crippen molar-refractivity contribution in [3.63, 3.8) is 0 Å². The molecule has 1 atom stereocenters. The molecule has 0 aliphatic carbocycles. The van der Waals surface area contributed by atoms with Crippen LogP contribution in [0.3, 0.4) is 0 Å². The maximum atomic E-state index is 5.50. The molecule has 0 amide bonds. The molecule has 2 aromatic rings. The number of hydrogen-bond acceptors (Lipinski definition) is 4. The largest absolute Gasteiger partial charge is 0.369 e. The van der Waals surface area contributed by atoms with Crippen molar-refractivity contribution in [2.24, 2.45) is 4.99 Å². The first-order valence-corrected chi connectivity index (χ1v) is 10.5. The second-order valence-electron chi connectivity index (χ2n) is 7.34. The second-order valence-corrected chi connectivity index (χ2v) is 7.34. The molecule has 2 N–H and O–H groups in total. The molecule has 1 aromatic heterocycles. The molecule has 1 saturated heterocycles. The van der Waals surface area contributed by atoms with Crippen molar-refractivity contribution in [2.45, 2.75) is 58.5 Å². The molecular formula is C22H33N5O. The van der Waals surface area contributed by atoms with Gasteiger partial charge in [-0.3, -0.25) is 0 Å². The van der Waals surface area contributed by atoms with Gasteiger partial charge in [0, 0.05) is 43.3 Å². The molecule has 0 saturated carbocycles. The standard InChI is InChI=1S/C22H33N5O/c1-4-17(5-2)21-14-20(28-26-21)15-24-22(23-6-3)25-18-12-13-27(16-18)19-10-8-7-9-11-19/h7-11,14,17-18H,4-6,12-13,15-16H2,1-3H3,(H2,23,24,25). The number of nitrogens with one attached hydrogen (secondary N) is 2. The highest BCUT2D eigenvalue weighted by atomic mass is 16.5. The van der Waals surface area contributed by atoms with E-state index in [0.717, 1.165) is 56.3 Å². The summed E-state index contributed by atoms with van der Waals surface area (Å²) >= 11 is 0. The Bertz CT molecular complexity index is 738. The second kappa shape index (κ2) is 10.2. The Morgan fingerprint density at radius 2 is 2.04 bits per heavy atom. The van der Waals surface area contributed by atoms with Gasteiger partial charge in [-0.15, -0.1) is 0 Å². The van der Waals surface area contributed by atoms with E-state index in [4.69, 9.17) is 9.52 Å². The number of aliphatic imine (C=N–C) groups is 1. The summed E-state index contributed by atoms with van der Waals surface area (Å²) in [5.41, 5.74) is 2.33. The van der Waals surface area contributed by atoms with E-state index < -0.39 is 0 Å². The van der Waals surface area contributed by atoms with Gasteiger partial charge in [-0.2, -0.15) is 0 Å². The van der Waals surface area contributed by atoms with Gasteiger partial charge in [0.25, 0.3) is 0 Å². The van der Waals surface area contributed by atoms with E-state index in [2.05, 4.69) is 77.9 Å². The quantitative estimate of drug-likeness (QED) is 0.534. The molecule has 6 heteroatoms. The zero-order valence-corrected chi connectivity index (χ0v) is 17.3. The summed E-state index contributed by atoms with van der Waals surface area (Å²) < 4.78 is 5.50. The molecular weight excluding hydrogens is 350 g/mol. The normalized spacial score (nSPS) is 17.4. The molecule has 3 rings (SSSR count). The fourth-order valence-corrected chi connectivity index (χ4v) is 3.72. The highest BCUT2D eigenvalue weighted by molar-refractivity contribution is 5.80. The molecule has 1 aromatic carbocycles. The first kappa shape index (κ1) is 20.2. The van der Waals surface area contributed by atoms with Crippen molar-refractivity contribution in [3.8, 4) is 0 Å². The van der Waals surface area contributed by atoms with Crippen molar-refractivity contribution >= 4 is 11.6 Å². The molecule has 1 unspecified atom stereocenters. The van der Waals surface area contributed by atoms with E-state index >= 15 is 0 Å². The third-order valence-corrected chi connectivity index (χ3v) is 5.37. The molecule has 6 nitrogen and oxygen atoms in total. The van der Waals surface area contributed by atoms with Crippen LogP contribution in [0, 0.1) is 0 Å². The Labute approximate surface area is 168 Å². The number of anilines is 1. The monoisotopic (exact) mass is 383 g/mol. The Balaban J connectivity index is 1.57. The summed E-state index contributed by atoms with van der Waals surface area (Å²) in [5.74, 6) is 2.12. The Morgan fingerprint density at radius 3 is 2.75 bits per heavy atom. The topological polar surface area (TPSA) is 65.7 Å². The molecule has 0 radical (unpaired) electrons. The molecule has 0 bridgehead atoms. The third-order valence-electron chi connectivity index (χ3n) is 5.37. The van der Waals surface area contributed by atoms with Crippen LogP contribution >= 0.6 is 0 Å². The Hall–Kier alpha value is -2.50. The van der Waals surface area contributed by atoms with Crippen LogP contribution in [0.1, 0.15) is 57.4 Å². The SMILES string of the molecule is CCNC(=NCc1cc(C(CC)CC)no1)NC1CCN(c2ccccc2)C1. The van der Waals surface area contributed by atoms with Crippen molar-refractivity contribution in [1.82, 2.24) is 15.8 Å². The highest BCUT2D eigenvalue weighted by Crippen LogP contribution is 2.23. The number of rotatable bonds is 8. The molecule has 2 heterocycles. The van der Waals surface area contributed by atoms with Crippen LogP contribution in [0.25, 0.3) is 0 Å². The van der Waals surface area contributed by atoms with Crippen LogP contribution in [0.2, 0.25) is 0 Å². The first-order valence-electron chi connectivity index (χ1n) is 10.5. The van der Waals surface area contributed by atoms with Gasteiger partial charge in [0.15, 0.2) is 11.7 Å². The zero-order chi connectivity index (χ0) is 19.8. The van der Waals surface area contributed by atoms with E-state index in [1.54, 1.807) is 0 Å². The van der Waals surface area contributed by atoms with Crippen LogP contribution in [-0.2, 0) is 6.54 Å². The van der Waals surface area contributed by atoms with Crippen molar-refractivity contribution in [2.75, 3.05) is 24.5 Å². The van der Waals surface area contributed by atoms with Crippen molar-refractivity contribution in [1.29, 1.82) is 0 Å². The average Bonchev–Trinajstić information content (AvgIpc) is 3.38. The van der Waals surface area contributed by atoms with E-state index in [9.17, 15) is 0 Å². The maximum absolute atomic E-state index is 5.50. The number of nitrogens with zero attached hydrogens (tertiary/aromatic N) is 3. The average molecular weight is 384 g/mol. The molecule has 28 heavy (non-hydrogen) atoms. The lowest BCUT2D eigenvalue weighted by atomic mass is 9.99. The fraction of sp³-hybridized carbons (Fsp3) is 0.545. The van der Waals surface area contributed by atoms with Crippen LogP contribution < -0.4 is 15.5 Å². The van der Waals surface area contributed by atoms with Gasteiger partial charge in [0.1, 0.15) is 6.54 Å². The van der Waals surface area contributed by atoms with Crippen LogP contribution in [-0.4, -0.2) is 36.8 Å². The minimum Gasteiger partial charge on any atom is -0.369 e. The number of para-hydroxylation sites is 1. The minimum atomic E-state index is 0.382. The van der Waals surface area contributed by atoms with E-state index in [1.807, 2.05) is 0 Å². The van der Waals surface area contributed by atoms with Gasteiger partial charge >= 0.3 is 0 Å². The third kappa shape index (κ3) is 5.27. The van der Waals surface area contributed by atoms with E-state index in [-0.39, 0.29) is 0 Å².